The maximum absolute atomic E-state index is 5.47. The molecule has 1 N–H and O–H groups in total. The summed E-state index contributed by atoms with van der Waals surface area (Å²) in [5, 5.41) is 3.08. The molecule has 1 aromatic rings. The average Bonchev–Trinajstić information content (AvgIpc) is 2.14. The first-order chi connectivity index (χ1) is 5.93. The van der Waals surface area contributed by atoms with Gasteiger partial charge in [-0.2, -0.15) is 0 Å². The first kappa shape index (κ1) is 9.56. The van der Waals surface area contributed by atoms with Crippen LogP contribution in [0.4, 0.5) is 0 Å². The maximum Gasteiger partial charge on any atom is 0.0713 e. The van der Waals surface area contributed by atoms with E-state index in [0.717, 1.165) is 19.4 Å². The number of hydrogen-bond donors (Lipinski definition) is 1. The van der Waals surface area contributed by atoms with Gasteiger partial charge in [-0.1, -0.05) is 30.3 Å². The van der Waals surface area contributed by atoms with Crippen molar-refractivity contribution < 1.29 is 0 Å². The Balaban J connectivity index is 2.16. The summed E-state index contributed by atoms with van der Waals surface area (Å²) in [6, 6.07) is 11.0. The maximum atomic E-state index is 5.47. The van der Waals surface area contributed by atoms with Crippen LogP contribution in [0.15, 0.2) is 30.3 Å². The van der Waals surface area contributed by atoms with E-state index in [9.17, 15) is 0 Å². The van der Waals surface area contributed by atoms with E-state index in [2.05, 4.69) is 29.6 Å². The van der Waals surface area contributed by atoms with Crippen molar-refractivity contribution in [1.29, 1.82) is 0 Å². The third-order valence-electron chi connectivity index (χ3n) is 1.76. The predicted octanol–water partition coefficient (Wildman–Crippen LogP) is 2.41. The molecule has 0 atom stereocenters. The normalized spacial score (nSPS) is 10.1. The van der Waals surface area contributed by atoms with Gasteiger partial charge in [-0.05, 0) is 24.9 Å². The molecule has 0 saturated heterocycles. The van der Waals surface area contributed by atoms with Crippen LogP contribution in [0, 0.1) is 0 Å². The van der Waals surface area contributed by atoms with Gasteiger partial charge in [0.05, 0.1) is 6.00 Å². The second kappa shape index (κ2) is 6.04. The average molecular weight is 184 g/mol. The lowest BCUT2D eigenvalue weighted by molar-refractivity contribution is 0.710. The third kappa shape index (κ3) is 3.74. The highest BCUT2D eigenvalue weighted by molar-refractivity contribution is 6.17. The summed E-state index contributed by atoms with van der Waals surface area (Å²) in [4.78, 5) is 0. The molecule has 0 unspecified atom stereocenters. The van der Waals surface area contributed by atoms with Crippen molar-refractivity contribution in [3.8, 4) is 0 Å². The van der Waals surface area contributed by atoms with Crippen LogP contribution < -0.4 is 5.32 Å². The lowest BCUT2D eigenvalue weighted by atomic mass is 10.1. The van der Waals surface area contributed by atoms with E-state index in [4.69, 9.17) is 11.6 Å². The first-order valence-corrected chi connectivity index (χ1v) is 4.77. The monoisotopic (exact) mass is 183 g/mol. The highest BCUT2D eigenvalue weighted by atomic mass is 35.5. The molecule has 0 aromatic heterocycles. The summed E-state index contributed by atoms with van der Waals surface area (Å²) < 4.78 is 0. The fraction of sp³-hybridized carbons (Fsp3) is 0.400. The molecule has 0 radical (unpaired) electrons. The number of alkyl halides is 1. The molecule has 66 valence electrons. The number of halogens is 1. The van der Waals surface area contributed by atoms with Gasteiger partial charge in [0, 0.05) is 0 Å². The molecule has 0 fully saturated rings. The van der Waals surface area contributed by atoms with Crippen LogP contribution in [0.2, 0.25) is 0 Å². The van der Waals surface area contributed by atoms with Crippen LogP contribution in [0.5, 0.6) is 0 Å². The van der Waals surface area contributed by atoms with Crippen LogP contribution >= 0.6 is 11.6 Å². The minimum Gasteiger partial charge on any atom is -0.304 e. The molecule has 1 nitrogen and oxygen atoms in total. The number of benzene rings is 1. The molecule has 0 heterocycles. The molecule has 2 heteroatoms. The lowest BCUT2D eigenvalue weighted by Crippen LogP contribution is -2.12. The lowest BCUT2D eigenvalue weighted by Gasteiger charge is -2.00. The number of nitrogens with one attached hydrogen (secondary N) is 1. The zero-order chi connectivity index (χ0) is 8.65. The molecule has 0 aliphatic carbocycles. The van der Waals surface area contributed by atoms with Crippen LogP contribution in [0.3, 0.4) is 0 Å². The van der Waals surface area contributed by atoms with Gasteiger partial charge < -0.3 is 5.32 Å². The van der Waals surface area contributed by atoms with Gasteiger partial charge in [-0.3, -0.25) is 0 Å². The smallest absolute Gasteiger partial charge is 0.0713 e. The van der Waals surface area contributed by atoms with Crippen molar-refractivity contribution in [3.63, 3.8) is 0 Å². The van der Waals surface area contributed by atoms with Gasteiger partial charge in [0.25, 0.3) is 0 Å². The summed E-state index contributed by atoms with van der Waals surface area (Å²) in [6.45, 7) is 0.998. The summed E-state index contributed by atoms with van der Waals surface area (Å²) in [7, 11) is 0. The number of rotatable bonds is 5. The van der Waals surface area contributed by atoms with E-state index in [0.29, 0.717) is 6.00 Å². The van der Waals surface area contributed by atoms with Crippen molar-refractivity contribution in [1.82, 2.24) is 5.32 Å². The molecule has 0 bridgehead atoms. The molecule has 0 aliphatic heterocycles. The Kier molecular flexibility index (Phi) is 4.81. The topological polar surface area (TPSA) is 12.0 Å². The first-order valence-electron chi connectivity index (χ1n) is 4.24. The predicted molar refractivity (Wildman–Crippen MR) is 53.5 cm³/mol. The molecule has 0 spiro atoms. The van der Waals surface area contributed by atoms with Crippen LogP contribution in [0.25, 0.3) is 0 Å². The van der Waals surface area contributed by atoms with Gasteiger partial charge in [0.1, 0.15) is 0 Å². The van der Waals surface area contributed by atoms with Crippen LogP contribution in [-0.4, -0.2) is 12.5 Å². The van der Waals surface area contributed by atoms with Gasteiger partial charge in [-0.15, -0.1) is 11.6 Å². The van der Waals surface area contributed by atoms with Gasteiger partial charge >= 0.3 is 0 Å². The second-order valence-electron chi connectivity index (χ2n) is 2.72. The van der Waals surface area contributed by atoms with Crippen LogP contribution in [-0.2, 0) is 6.42 Å². The minimum atomic E-state index is 0.550. The van der Waals surface area contributed by atoms with Crippen molar-refractivity contribution in [3.05, 3.63) is 35.9 Å². The fourth-order valence-corrected chi connectivity index (χ4v) is 1.26. The molecule has 1 aromatic carbocycles. The molecule has 0 saturated carbocycles. The Hall–Kier alpha value is -0.530. The molecule has 0 amide bonds. The Morgan fingerprint density at radius 1 is 1.17 bits per heavy atom. The molecular weight excluding hydrogens is 170 g/mol. The molecular formula is C10H14ClN. The zero-order valence-corrected chi connectivity index (χ0v) is 7.85. The third-order valence-corrected chi connectivity index (χ3v) is 1.95. The fourth-order valence-electron chi connectivity index (χ4n) is 1.13. The van der Waals surface area contributed by atoms with E-state index < -0.39 is 0 Å². The van der Waals surface area contributed by atoms with Crippen LogP contribution in [0.1, 0.15) is 12.0 Å². The SMILES string of the molecule is ClCNCCCc1ccccc1. The van der Waals surface area contributed by atoms with Crippen molar-refractivity contribution >= 4 is 11.6 Å². The second-order valence-corrected chi connectivity index (χ2v) is 2.99. The Morgan fingerprint density at radius 3 is 2.58 bits per heavy atom. The highest BCUT2D eigenvalue weighted by Gasteiger charge is 1.90. The van der Waals surface area contributed by atoms with Crippen molar-refractivity contribution in [2.75, 3.05) is 12.5 Å². The van der Waals surface area contributed by atoms with E-state index in [1.165, 1.54) is 5.56 Å². The Bertz CT molecular complexity index is 198. The highest BCUT2D eigenvalue weighted by Crippen LogP contribution is 2.01. The van der Waals surface area contributed by atoms with E-state index in [1.54, 1.807) is 0 Å². The van der Waals surface area contributed by atoms with Gasteiger partial charge in [0.2, 0.25) is 0 Å². The summed E-state index contributed by atoms with van der Waals surface area (Å²) in [5.41, 5.74) is 1.40. The van der Waals surface area contributed by atoms with E-state index >= 15 is 0 Å². The summed E-state index contributed by atoms with van der Waals surface area (Å²) in [6.07, 6.45) is 2.28. The van der Waals surface area contributed by atoms with E-state index in [1.807, 2.05) is 6.07 Å². The molecule has 0 aliphatic rings. The molecule has 12 heavy (non-hydrogen) atoms. The zero-order valence-electron chi connectivity index (χ0n) is 7.09. The quantitative estimate of drug-likeness (QED) is 0.420. The number of hydrogen-bond acceptors (Lipinski definition) is 1. The number of aryl methyl sites for hydroxylation is 1. The minimum absolute atomic E-state index is 0.550. The Morgan fingerprint density at radius 2 is 1.92 bits per heavy atom. The van der Waals surface area contributed by atoms with Crippen molar-refractivity contribution in [2.24, 2.45) is 0 Å². The largest absolute Gasteiger partial charge is 0.304 e. The Labute approximate surface area is 78.7 Å². The van der Waals surface area contributed by atoms with E-state index in [-0.39, 0.29) is 0 Å². The molecule has 1 rings (SSSR count). The van der Waals surface area contributed by atoms with Gasteiger partial charge in [-0.25, -0.2) is 0 Å². The van der Waals surface area contributed by atoms with Gasteiger partial charge in [0.15, 0.2) is 0 Å². The van der Waals surface area contributed by atoms with Crippen molar-refractivity contribution in [2.45, 2.75) is 12.8 Å². The summed E-state index contributed by atoms with van der Waals surface area (Å²) >= 11 is 5.47. The summed E-state index contributed by atoms with van der Waals surface area (Å²) in [5.74, 6) is 0. The standard InChI is InChI=1S/C10H14ClN/c11-9-12-8-4-7-10-5-2-1-3-6-10/h1-3,5-6,12H,4,7-9H2.